The maximum Gasteiger partial charge on any atom is 0.123 e. The van der Waals surface area contributed by atoms with Crippen molar-refractivity contribution in [2.24, 2.45) is 0 Å². The molecule has 3 nitrogen and oxygen atoms in total. The lowest BCUT2D eigenvalue weighted by Gasteiger charge is -2.13. The van der Waals surface area contributed by atoms with Crippen LogP contribution < -0.4 is 5.32 Å². The number of imidazole rings is 1. The maximum atomic E-state index is 4.27. The van der Waals surface area contributed by atoms with Gasteiger partial charge in [0, 0.05) is 18.9 Å². The molecule has 0 fully saturated rings. The first kappa shape index (κ1) is 10.4. The summed E-state index contributed by atoms with van der Waals surface area (Å²) in [6.07, 6.45) is 4.70. The molecule has 2 aromatic rings. The zero-order valence-corrected chi connectivity index (χ0v) is 9.55. The average Bonchev–Trinajstić information content (AvgIpc) is 2.90. The normalized spacial score (nSPS) is 12.9. The lowest BCUT2D eigenvalue weighted by atomic mass is 10.2. The minimum absolute atomic E-state index is 0.319. The van der Waals surface area contributed by atoms with Crippen molar-refractivity contribution in [1.29, 1.82) is 0 Å². The van der Waals surface area contributed by atoms with E-state index in [0.29, 0.717) is 6.04 Å². The number of thiophene rings is 1. The average molecular weight is 221 g/mol. The Labute approximate surface area is 93.6 Å². The molecule has 0 aliphatic carbocycles. The molecule has 4 heteroatoms. The predicted octanol–water partition coefficient (Wildman–Crippen LogP) is 2.71. The predicted molar refractivity (Wildman–Crippen MR) is 62.8 cm³/mol. The first-order valence-electron chi connectivity index (χ1n) is 5.14. The third-order valence-electron chi connectivity index (χ3n) is 2.39. The number of H-pyrrole nitrogens is 1. The molecule has 2 rings (SSSR count). The maximum absolute atomic E-state index is 4.27. The molecule has 0 spiro atoms. The van der Waals surface area contributed by atoms with Crippen molar-refractivity contribution in [3.8, 4) is 0 Å². The summed E-state index contributed by atoms with van der Waals surface area (Å²) in [5.41, 5.74) is 1.34. The highest BCUT2D eigenvalue weighted by Crippen LogP contribution is 2.13. The molecular weight excluding hydrogens is 206 g/mol. The van der Waals surface area contributed by atoms with Crippen molar-refractivity contribution in [3.63, 3.8) is 0 Å². The van der Waals surface area contributed by atoms with Crippen LogP contribution in [0.15, 0.2) is 29.2 Å². The number of nitrogens with zero attached hydrogens (tertiary/aromatic N) is 1. The van der Waals surface area contributed by atoms with Gasteiger partial charge in [0.25, 0.3) is 0 Å². The molecule has 0 aliphatic rings. The molecular formula is C11H15N3S. The highest BCUT2D eigenvalue weighted by atomic mass is 32.1. The van der Waals surface area contributed by atoms with Gasteiger partial charge in [-0.05, 0) is 28.8 Å². The fourth-order valence-corrected chi connectivity index (χ4v) is 2.21. The summed E-state index contributed by atoms with van der Waals surface area (Å²) in [5, 5.41) is 7.76. The molecule has 0 aliphatic heterocycles. The standard InChI is InChI=1S/C11H15N3S/c1-2-10(11-12-4-5-13-11)14-7-9-3-6-15-8-9/h3-6,8,10,14H,2,7H2,1H3,(H,12,13). The molecule has 2 aromatic heterocycles. The van der Waals surface area contributed by atoms with Crippen LogP contribution in [-0.2, 0) is 6.54 Å². The lowest BCUT2D eigenvalue weighted by Crippen LogP contribution is -2.21. The van der Waals surface area contributed by atoms with Crippen molar-refractivity contribution in [3.05, 3.63) is 40.6 Å². The monoisotopic (exact) mass is 221 g/mol. The topological polar surface area (TPSA) is 40.7 Å². The van der Waals surface area contributed by atoms with Crippen LogP contribution in [0.2, 0.25) is 0 Å². The van der Waals surface area contributed by atoms with E-state index in [1.54, 1.807) is 17.5 Å². The molecule has 0 saturated heterocycles. The number of hydrogen-bond acceptors (Lipinski definition) is 3. The largest absolute Gasteiger partial charge is 0.347 e. The molecule has 2 N–H and O–H groups in total. The molecule has 0 saturated carbocycles. The van der Waals surface area contributed by atoms with Gasteiger partial charge in [-0.1, -0.05) is 6.92 Å². The van der Waals surface area contributed by atoms with Crippen LogP contribution in [0.25, 0.3) is 0 Å². The fraction of sp³-hybridized carbons (Fsp3) is 0.364. The number of hydrogen-bond donors (Lipinski definition) is 2. The van der Waals surface area contributed by atoms with Crippen molar-refractivity contribution in [2.45, 2.75) is 25.9 Å². The Morgan fingerprint density at radius 2 is 2.53 bits per heavy atom. The second-order valence-corrected chi connectivity index (χ2v) is 4.23. The van der Waals surface area contributed by atoms with Gasteiger partial charge in [0.15, 0.2) is 0 Å². The smallest absolute Gasteiger partial charge is 0.123 e. The molecule has 1 unspecified atom stereocenters. The Kier molecular flexibility index (Phi) is 3.53. The van der Waals surface area contributed by atoms with E-state index in [1.165, 1.54) is 5.56 Å². The summed E-state index contributed by atoms with van der Waals surface area (Å²) in [6.45, 7) is 3.07. The zero-order chi connectivity index (χ0) is 10.5. The number of aromatic nitrogens is 2. The number of aromatic amines is 1. The third kappa shape index (κ3) is 2.67. The summed E-state index contributed by atoms with van der Waals surface area (Å²) >= 11 is 1.73. The molecule has 0 aromatic carbocycles. The van der Waals surface area contributed by atoms with E-state index in [2.05, 4.69) is 39.0 Å². The minimum atomic E-state index is 0.319. The summed E-state index contributed by atoms with van der Waals surface area (Å²) < 4.78 is 0. The van der Waals surface area contributed by atoms with Crippen LogP contribution in [0.5, 0.6) is 0 Å². The van der Waals surface area contributed by atoms with Crippen LogP contribution >= 0.6 is 11.3 Å². The van der Waals surface area contributed by atoms with Crippen LogP contribution in [0.1, 0.15) is 30.8 Å². The van der Waals surface area contributed by atoms with E-state index in [0.717, 1.165) is 18.8 Å². The van der Waals surface area contributed by atoms with Crippen LogP contribution in [0.4, 0.5) is 0 Å². The number of nitrogens with one attached hydrogen (secondary N) is 2. The summed E-state index contributed by atoms with van der Waals surface area (Å²) in [6, 6.07) is 2.46. The molecule has 0 amide bonds. The molecule has 2 heterocycles. The van der Waals surface area contributed by atoms with Gasteiger partial charge < -0.3 is 10.3 Å². The van der Waals surface area contributed by atoms with Crippen molar-refractivity contribution >= 4 is 11.3 Å². The first-order chi connectivity index (χ1) is 7.40. The molecule has 0 radical (unpaired) electrons. The molecule has 0 bridgehead atoms. The highest BCUT2D eigenvalue weighted by Gasteiger charge is 2.10. The van der Waals surface area contributed by atoms with Gasteiger partial charge in [-0.2, -0.15) is 11.3 Å². The van der Waals surface area contributed by atoms with E-state index in [-0.39, 0.29) is 0 Å². The number of rotatable bonds is 5. The highest BCUT2D eigenvalue weighted by molar-refractivity contribution is 7.07. The van der Waals surface area contributed by atoms with Crippen LogP contribution in [-0.4, -0.2) is 9.97 Å². The first-order valence-corrected chi connectivity index (χ1v) is 6.08. The molecule has 15 heavy (non-hydrogen) atoms. The van der Waals surface area contributed by atoms with Gasteiger partial charge in [-0.15, -0.1) is 0 Å². The van der Waals surface area contributed by atoms with Gasteiger partial charge in [0.05, 0.1) is 6.04 Å². The van der Waals surface area contributed by atoms with E-state index < -0.39 is 0 Å². The molecule has 80 valence electrons. The van der Waals surface area contributed by atoms with E-state index in [1.807, 2.05) is 6.20 Å². The SMILES string of the molecule is CCC(NCc1ccsc1)c1ncc[nH]1. The molecule has 1 atom stereocenters. The van der Waals surface area contributed by atoms with E-state index in [4.69, 9.17) is 0 Å². The van der Waals surface area contributed by atoms with Crippen molar-refractivity contribution < 1.29 is 0 Å². The second-order valence-electron chi connectivity index (χ2n) is 3.45. The summed E-state index contributed by atoms with van der Waals surface area (Å²) in [5.74, 6) is 1.02. The van der Waals surface area contributed by atoms with Crippen molar-refractivity contribution in [2.75, 3.05) is 0 Å². The second kappa shape index (κ2) is 5.09. The Morgan fingerprint density at radius 3 is 3.13 bits per heavy atom. The van der Waals surface area contributed by atoms with Gasteiger partial charge in [0.1, 0.15) is 5.82 Å². The minimum Gasteiger partial charge on any atom is -0.347 e. The Bertz CT molecular complexity index is 366. The van der Waals surface area contributed by atoms with Crippen LogP contribution in [0, 0.1) is 0 Å². The zero-order valence-electron chi connectivity index (χ0n) is 8.73. The van der Waals surface area contributed by atoms with E-state index in [9.17, 15) is 0 Å². The summed E-state index contributed by atoms with van der Waals surface area (Å²) in [4.78, 5) is 7.42. The van der Waals surface area contributed by atoms with Crippen LogP contribution in [0.3, 0.4) is 0 Å². The van der Waals surface area contributed by atoms with Gasteiger partial charge in [-0.3, -0.25) is 0 Å². The third-order valence-corrected chi connectivity index (χ3v) is 3.12. The van der Waals surface area contributed by atoms with Crippen molar-refractivity contribution in [1.82, 2.24) is 15.3 Å². The Hall–Kier alpha value is -1.13. The lowest BCUT2D eigenvalue weighted by molar-refractivity contribution is 0.498. The summed E-state index contributed by atoms with van der Waals surface area (Å²) in [7, 11) is 0. The quantitative estimate of drug-likeness (QED) is 0.815. The van der Waals surface area contributed by atoms with Gasteiger partial charge in [0.2, 0.25) is 0 Å². The van der Waals surface area contributed by atoms with Gasteiger partial charge >= 0.3 is 0 Å². The van der Waals surface area contributed by atoms with Gasteiger partial charge in [-0.25, -0.2) is 4.98 Å². The van der Waals surface area contributed by atoms with E-state index >= 15 is 0 Å². The fourth-order valence-electron chi connectivity index (χ4n) is 1.54. The Balaban J connectivity index is 1.92. The Morgan fingerprint density at radius 1 is 1.60 bits per heavy atom.